The van der Waals surface area contributed by atoms with Crippen molar-refractivity contribution in [1.82, 2.24) is 4.31 Å². The van der Waals surface area contributed by atoms with Gasteiger partial charge in [-0.3, -0.25) is 0 Å². The summed E-state index contributed by atoms with van der Waals surface area (Å²) in [6.07, 6.45) is 2.78. The van der Waals surface area contributed by atoms with E-state index >= 15 is 0 Å². The lowest BCUT2D eigenvalue weighted by atomic mass is 10.3. The number of anilines is 1. The molecule has 0 heterocycles. The Balaban J connectivity index is 2.33. The lowest BCUT2D eigenvalue weighted by Crippen LogP contribution is -2.33. The molecule has 0 amide bonds. The van der Waals surface area contributed by atoms with Crippen LogP contribution in [-0.4, -0.2) is 25.3 Å². The summed E-state index contributed by atoms with van der Waals surface area (Å²) in [6.45, 7) is 2.58. The van der Waals surface area contributed by atoms with E-state index in [2.05, 4.69) is 0 Å². The molecule has 0 atom stereocenters. The van der Waals surface area contributed by atoms with Gasteiger partial charge in [-0.05, 0) is 37.5 Å². The van der Waals surface area contributed by atoms with E-state index in [9.17, 15) is 8.42 Å². The van der Waals surface area contributed by atoms with Gasteiger partial charge in [0.15, 0.2) is 0 Å². The van der Waals surface area contributed by atoms with E-state index in [1.165, 1.54) is 6.07 Å². The van der Waals surface area contributed by atoms with Crippen LogP contribution >= 0.6 is 0 Å². The first-order chi connectivity index (χ1) is 8.05. The fraction of sp³-hybridized carbons (Fsp3) is 0.500. The van der Waals surface area contributed by atoms with Crippen molar-refractivity contribution >= 4 is 15.7 Å². The van der Waals surface area contributed by atoms with Crippen LogP contribution < -0.4 is 5.73 Å². The average molecular weight is 254 g/mol. The molecular weight excluding hydrogens is 236 g/mol. The third kappa shape index (κ3) is 2.61. The van der Waals surface area contributed by atoms with E-state index < -0.39 is 10.0 Å². The van der Waals surface area contributed by atoms with Crippen molar-refractivity contribution in [3.8, 4) is 0 Å². The lowest BCUT2D eigenvalue weighted by Gasteiger charge is -2.21. The highest BCUT2D eigenvalue weighted by molar-refractivity contribution is 7.89. The first-order valence-electron chi connectivity index (χ1n) is 5.93. The molecule has 94 valence electrons. The minimum Gasteiger partial charge on any atom is -0.399 e. The third-order valence-corrected chi connectivity index (χ3v) is 4.81. The zero-order chi connectivity index (χ0) is 12.5. The van der Waals surface area contributed by atoms with Gasteiger partial charge in [0.1, 0.15) is 0 Å². The molecule has 4 nitrogen and oxygen atoms in total. The first-order valence-corrected chi connectivity index (χ1v) is 7.37. The Morgan fingerprint density at radius 2 is 2.12 bits per heavy atom. The Morgan fingerprint density at radius 1 is 1.41 bits per heavy atom. The molecule has 2 N–H and O–H groups in total. The number of nitrogens with two attached hydrogens (primary N) is 1. The zero-order valence-electron chi connectivity index (χ0n) is 9.96. The zero-order valence-corrected chi connectivity index (χ0v) is 10.8. The van der Waals surface area contributed by atoms with Crippen LogP contribution in [0.15, 0.2) is 29.2 Å². The van der Waals surface area contributed by atoms with Crippen molar-refractivity contribution in [1.29, 1.82) is 0 Å². The highest BCUT2D eigenvalue weighted by atomic mass is 32.2. The molecule has 17 heavy (non-hydrogen) atoms. The quantitative estimate of drug-likeness (QED) is 0.815. The van der Waals surface area contributed by atoms with Crippen LogP contribution in [0, 0.1) is 0 Å². The standard InChI is InChI=1S/C12H18N2O2S/c1-2-8-14(11-6-7-11)17(15,16)12-5-3-4-10(13)9-12/h3-5,9,11H,2,6-8,13H2,1H3. The lowest BCUT2D eigenvalue weighted by molar-refractivity contribution is 0.403. The fourth-order valence-corrected chi connectivity index (χ4v) is 3.72. The number of rotatable bonds is 5. The Labute approximate surface area is 102 Å². The van der Waals surface area contributed by atoms with E-state index in [1.807, 2.05) is 6.92 Å². The predicted molar refractivity (Wildman–Crippen MR) is 68.1 cm³/mol. The van der Waals surface area contributed by atoms with Crippen LogP contribution in [0.3, 0.4) is 0 Å². The molecule has 0 unspecified atom stereocenters. The van der Waals surface area contributed by atoms with E-state index in [0.29, 0.717) is 17.1 Å². The highest BCUT2D eigenvalue weighted by Crippen LogP contribution is 2.32. The van der Waals surface area contributed by atoms with E-state index in [-0.39, 0.29) is 6.04 Å². The minimum atomic E-state index is -3.37. The number of benzene rings is 1. The van der Waals surface area contributed by atoms with Crippen LogP contribution in [0.25, 0.3) is 0 Å². The second-order valence-corrected chi connectivity index (χ2v) is 6.31. The topological polar surface area (TPSA) is 63.4 Å². The summed E-state index contributed by atoms with van der Waals surface area (Å²) >= 11 is 0. The molecule has 1 aliphatic carbocycles. The molecule has 1 aliphatic rings. The van der Waals surface area contributed by atoms with Crippen molar-refractivity contribution in [3.05, 3.63) is 24.3 Å². The summed E-state index contributed by atoms with van der Waals surface area (Å²) in [5, 5.41) is 0. The summed E-state index contributed by atoms with van der Waals surface area (Å²) < 4.78 is 26.5. The van der Waals surface area contributed by atoms with Crippen molar-refractivity contribution in [2.24, 2.45) is 0 Å². The number of sulfonamides is 1. The Kier molecular flexibility index (Phi) is 3.40. The monoisotopic (exact) mass is 254 g/mol. The largest absolute Gasteiger partial charge is 0.399 e. The molecule has 1 aromatic carbocycles. The molecule has 0 bridgehead atoms. The van der Waals surface area contributed by atoms with Gasteiger partial charge in [0.05, 0.1) is 4.90 Å². The molecule has 1 saturated carbocycles. The molecule has 1 fully saturated rings. The van der Waals surface area contributed by atoms with Gasteiger partial charge < -0.3 is 5.73 Å². The fourth-order valence-electron chi connectivity index (χ4n) is 1.89. The summed E-state index contributed by atoms with van der Waals surface area (Å²) in [5.41, 5.74) is 6.12. The molecule has 0 aromatic heterocycles. The first kappa shape index (κ1) is 12.4. The molecule has 0 saturated heterocycles. The molecule has 2 rings (SSSR count). The van der Waals surface area contributed by atoms with E-state index in [4.69, 9.17) is 5.73 Å². The van der Waals surface area contributed by atoms with Crippen molar-refractivity contribution in [3.63, 3.8) is 0 Å². The number of hydrogen-bond acceptors (Lipinski definition) is 3. The van der Waals surface area contributed by atoms with Gasteiger partial charge >= 0.3 is 0 Å². The Bertz CT molecular complexity index is 495. The summed E-state index contributed by atoms with van der Waals surface area (Å²) in [5.74, 6) is 0. The van der Waals surface area contributed by atoms with Crippen molar-refractivity contribution < 1.29 is 8.42 Å². The van der Waals surface area contributed by atoms with Crippen LogP contribution in [0.2, 0.25) is 0 Å². The predicted octanol–water partition coefficient (Wildman–Crippen LogP) is 1.83. The van der Waals surface area contributed by atoms with Gasteiger partial charge in [0.25, 0.3) is 0 Å². The minimum absolute atomic E-state index is 0.196. The smallest absolute Gasteiger partial charge is 0.243 e. The van der Waals surface area contributed by atoms with Crippen LogP contribution in [0.4, 0.5) is 5.69 Å². The van der Waals surface area contributed by atoms with E-state index in [0.717, 1.165) is 19.3 Å². The number of nitrogens with zero attached hydrogens (tertiary/aromatic N) is 1. The van der Waals surface area contributed by atoms with Gasteiger partial charge in [0.2, 0.25) is 10.0 Å². The van der Waals surface area contributed by atoms with Crippen LogP contribution in [0.1, 0.15) is 26.2 Å². The molecule has 0 aliphatic heterocycles. The van der Waals surface area contributed by atoms with Gasteiger partial charge in [-0.15, -0.1) is 0 Å². The Morgan fingerprint density at radius 3 is 2.65 bits per heavy atom. The molecule has 0 spiro atoms. The van der Waals surface area contributed by atoms with Gasteiger partial charge in [-0.25, -0.2) is 8.42 Å². The second kappa shape index (κ2) is 4.66. The molecule has 1 aromatic rings. The molecule has 0 radical (unpaired) electrons. The number of hydrogen-bond donors (Lipinski definition) is 1. The normalized spacial score (nSPS) is 16.4. The maximum Gasteiger partial charge on any atom is 0.243 e. The van der Waals surface area contributed by atoms with Gasteiger partial charge in [0, 0.05) is 18.3 Å². The highest BCUT2D eigenvalue weighted by Gasteiger charge is 2.37. The molecular formula is C12H18N2O2S. The van der Waals surface area contributed by atoms with Crippen molar-refractivity contribution in [2.75, 3.05) is 12.3 Å². The summed E-state index contributed by atoms with van der Waals surface area (Å²) in [4.78, 5) is 0.304. The maximum absolute atomic E-state index is 12.4. The van der Waals surface area contributed by atoms with Crippen molar-refractivity contribution in [2.45, 2.75) is 37.1 Å². The third-order valence-electron chi connectivity index (χ3n) is 2.86. The van der Waals surface area contributed by atoms with Gasteiger partial charge in [-0.1, -0.05) is 13.0 Å². The van der Waals surface area contributed by atoms with E-state index in [1.54, 1.807) is 22.5 Å². The second-order valence-electron chi connectivity index (χ2n) is 4.42. The van der Waals surface area contributed by atoms with Crippen LogP contribution in [-0.2, 0) is 10.0 Å². The van der Waals surface area contributed by atoms with Gasteiger partial charge in [-0.2, -0.15) is 4.31 Å². The summed E-state index contributed by atoms with van der Waals surface area (Å²) in [7, 11) is -3.37. The summed E-state index contributed by atoms with van der Waals surface area (Å²) in [6, 6.07) is 6.71. The average Bonchev–Trinajstić information content (AvgIpc) is 3.09. The maximum atomic E-state index is 12.4. The van der Waals surface area contributed by atoms with Crippen LogP contribution in [0.5, 0.6) is 0 Å². The SMILES string of the molecule is CCCN(C1CC1)S(=O)(=O)c1cccc(N)c1. The number of nitrogen functional groups attached to an aromatic ring is 1. The molecule has 5 heteroatoms. The Hall–Kier alpha value is -1.07.